The lowest BCUT2D eigenvalue weighted by Crippen LogP contribution is -2.29. The van der Waals surface area contributed by atoms with E-state index in [1.165, 1.54) is 37.8 Å². The van der Waals surface area contributed by atoms with E-state index in [-0.39, 0.29) is 0 Å². The van der Waals surface area contributed by atoms with Gasteiger partial charge in [0, 0.05) is 28.8 Å². The van der Waals surface area contributed by atoms with Gasteiger partial charge in [0.25, 0.3) is 0 Å². The molecule has 1 aliphatic rings. The van der Waals surface area contributed by atoms with Gasteiger partial charge in [-0.1, -0.05) is 47.4 Å². The molecule has 0 spiro atoms. The van der Waals surface area contributed by atoms with E-state index in [4.69, 9.17) is 18.0 Å². The molecule has 0 radical (unpaired) electrons. The zero-order valence-electron chi connectivity index (χ0n) is 10.5. The van der Waals surface area contributed by atoms with Crippen molar-refractivity contribution in [2.45, 2.75) is 32.1 Å². The maximum atomic E-state index is 5.84. The Bertz CT molecular complexity index is 426. The van der Waals surface area contributed by atoms with E-state index in [1.807, 2.05) is 6.07 Å². The molecule has 0 saturated carbocycles. The van der Waals surface area contributed by atoms with Crippen LogP contribution in [0, 0.1) is 0 Å². The number of hydrogen-bond donors (Lipinski definition) is 1. The Balaban J connectivity index is 2.27. The van der Waals surface area contributed by atoms with E-state index in [9.17, 15) is 0 Å². The van der Waals surface area contributed by atoms with Gasteiger partial charge in [0.1, 0.15) is 4.99 Å². The van der Waals surface area contributed by atoms with E-state index in [0.29, 0.717) is 4.99 Å². The summed E-state index contributed by atoms with van der Waals surface area (Å²) in [4.78, 5) is 2.91. The lowest BCUT2D eigenvalue weighted by Gasteiger charge is -2.28. The Labute approximate surface area is 123 Å². The summed E-state index contributed by atoms with van der Waals surface area (Å²) in [6.45, 7) is 2.22. The van der Waals surface area contributed by atoms with E-state index in [2.05, 4.69) is 33.0 Å². The second-order valence-corrected chi connectivity index (χ2v) is 6.14. The second kappa shape index (κ2) is 6.53. The van der Waals surface area contributed by atoms with Crippen LogP contribution in [0.3, 0.4) is 0 Å². The quantitative estimate of drug-likeness (QED) is 0.837. The van der Waals surface area contributed by atoms with Gasteiger partial charge in [-0.3, -0.25) is 0 Å². The SMILES string of the molecule is NC(=S)c1cc(Br)ccc1N1CCCCCCC1. The maximum absolute atomic E-state index is 5.84. The third-order valence-corrected chi connectivity index (χ3v) is 4.13. The number of nitrogens with zero attached hydrogens (tertiary/aromatic N) is 1. The summed E-state index contributed by atoms with van der Waals surface area (Å²) in [5.41, 5.74) is 8.02. The first-order chi connectivity index (χ1) is 8.68. The Morgan fingerprint density at radius 1 is 1.11 bits per heavy atom. The zero-order chi connectivity index (χ0) is 13.0. The molecule has 2 nitrogen and oxygen atoms in total. The molecule has 1 fully saturated rings. The Morgan fingerprint density at radius 2 is 1.72 bits per heavy atom. The number of hydrogen-bond acceptors (Lipinski definition) is 2. The minimum Gasteiger partial charge on any atom is -0.389 e. The number of halogens is 1. The molecule has 2 N–H and O–H groups in total. The summed E-state index contributed by atoms with van der Waals surface area (Å²) in [7, 11) is 0. The van der Waals surface area contributed by atoms with Crippen LogP contribution in [-0.2, 0) is 0 Å². The topological polar surface area (TPSA) is 29.3 Å². The van der Waals surface area contributed by atoms with E-state index in [1.54, 1.807) is 0 Å². The van der Waals surface area contributed by atoms with Crippen LogP contribution >= 0.6 is 28.1 Å². The number of rotatable bonds is 2. The summed E-state index contributed by atoms with van der Waals surface area (Å²) < 4.78 is 1.03. The highest BCUT2D eigenvalue weighted by Crippen LogP contribution is 2.26. The van der Waals surface area contributed by atoms with Crippen LogP contribution in [0.2, 0.25) is 0 Å². The molecule has 1 heterocycles. The van der Waals surface area contributed by atoms with E-state index < -0.39 is 0 Å². The van der Waals surface area contributed by atoms with E-state index in [0.717, 1.165) is 23.1 Å². The van der Waals surface area contributed by atoms with Gasteiger partial charge < -0.3 is 10.6 Å². The van der Waals surface area contributed by atoms with Crippen LogP contribution < -0.4 is 10.6 Å². The summed E-state index contributed by atoms with van der Waals surface area (Å²) >= 11 is 8.65. The van der Waals surface area contributed by atoms with Gasteiger partial charge in [-0.05, 0) is 31.0 Å². The second-order valence-electron chi connectivity index (χ2n) is 4.78. The first kappa shape index (κ1) is 13.8. The summed E-state index contributed by atoms with van der Waals surface area (Å²) in [5.74, 6) is 0. The smallest absolute Gasteiger partial charge is 0.106 e. The van der Waals surface area contributed by atoms with Crippen LogP contribution in [0.5, 0.6) is 0 Å². The highest BCUT2D eigenvalue weighted by Gasteiger charge is 2.14. The van der Waals surface area contributed by atoms with Crippen molar-refractivity contribution in [3.63, 3.8) is 0 Å². The molecule has 0 aliphatic carbocycles. The van der Waals surface area contributed by atoms with Gasteiger partial charge >= 0.3 is 0 Å². The van der Waals surface area contributed by atoms with Crippen LogP contribution in [0.25, 0.3) is 0 Å². The van der Waals surface area contributed by atoms with Crippen molar-refractivity contribution in [3.05, 3.63) is 28.2 Å². The van der Waals surface area contributed by atoms with Gasteiger partial charge in [0.15, 0.2) is 0 Å². The van der Waals surface area contributed by atoms with Crippen molar-refractivity contribution >= 4 is 38.8 Å². The van der Waals surface area contributed by atoms with Crippen molar-refractivity contribution in [1.82, 2.24) is 0 Å². The first-order valence-corrected chi connectivity index (χ1v) is 7.73. The number of nitrogens with two attached hydrogens (primary N) is 1. The van der Waals surface area contributed by atoms with Gasteiger partial charge in [0.05, 0.1) is 0 Å². The standard InChI is InChI=1S/C14H19BrN2S/c15-11-6-7-13(12(10-11)14(16)18)17-8-4-2-1-3-5-9-17/h6-7,10H,1-5,8-9H2,(H2,16,18). The summed E-state index contributed by atoms with van der Waals surface area (Å²) in [6, 6.07) is 6.21. The molecule has 1 aromatic rings. The maximum Gasteiger partial charge on any atom is 0.106 e. The summed E-state index contributed by atoms with van der Waals surface area (Å²) in [6.07, 6.45) is 6.54. The molecule has 0 bridgehead atoms. The molecule has 4 heteroatoms. The molecule has 0 amide bonds. The van der Waals surface area contributed by atoms with Crippen LogP contribution in [-0.4, -0.2) is 18.1 Å². The van der Waals surface area contributed by atoms with Crippen LogP contribution in [0.1, 0.15) is 37.7 Å². The zero-order valence-corrected chi connectivity index (χ0v) is 12.9. The lowest BCUT2D eigenvalue weighted by atomic mass is 10.1. The van der Waals surface area contributed by atoms with Crippen LogP contribution in [0.15, 0.2) is 22.7 Å². The molecule has 1 aliphatic heterocycles. The fourth-order valence-electron chi connectivity index (χ4n) is 2.47. The lowest BCUT2D eigenvalue weighted by molar-refractivity contribution is 0.556. The van der Waals surface area contributed by atoms with Crippen LogP contribution in [0.4, 0.5) is 5.69 Å². The van der Waals surface area contributed by atoms with E-state index >= 15 is 0 Å². The molecule has 0 aromatic heterocycles. The normalized spacial score (nSPS) is 17.1. The van der Waals surface area contributed by atoms with Gasteiger partial charge in [-0.2, -0.15) is 0 Å². The highest BCUT2D eigenvalue weighted by atomic mass is 79.9. The highest BCUT2D eigenvalue weighted by molar-refractivity contribution is 9.10. The predicted molar refractivity (Wildman–Crippen MR) is 85.3 cm³/mol. The molecular weight excluding hydrogens is 308 g/mol. The average Bonchev–Trinajstić information content (AvgIpc) is 2.29. The van der Waals surface area contributed by atoms with Crippen molar-refractivity contribution in [3.8, 4) is 0 Å². The molecule has 18 heavy (non-hydrogen) atoms. The van der Waals surface area contributed by atoms with Crippen molar-refractivity contribution in [1.29, 1.82) is 0 Å². The molecule has 1 aromatic carbocycles. The minimum absolute atomic E-state index is 0.480. The van der Waals surface area contributed by atoms with Gasteiger partial charge in [-0.15, -0.1) is 0 Å². The van der Waals surface area contributed by atoms with Gasteiger partial charge in [-0.25, -0.2) is 0 Å². The fraction of sp³-hybridized carbons (Fsp3) is 0.500. The Morgan fingerprint density at radius 3 is 2.33 bits per heavy atom. The molecule has 0 unspecified atom stereocenters. The predicted octanol–water partition coefficient (Wildman–Crippen LogP) is 3.85. The number of anilines is 1. The van der Waals surface area contributed by atoms with Crippen molar-refractivity contribution in [2.24, 2.45) is 5.73 Å². The molecule has 2 rings (SSSR count). The monoisotopic (exact) mass is 326 g/mol. The minimum atomic E-state index is 0.480. The van der Waals surface area contributed by atoms with Crippen molar-refractivity contribution < 1.29 is 0 Å². The third-order valence-electron chi connectivity index (χ3n) is 3.42. The van der Waals surface area contributed by atoms with Gasteiger partial charge in [0.2, 0.25) is 0 Å². The average molecular weight is 327 g/mol. The molecular formula is C14H19BrN2S. The first-order valence-electron chi connectivity index (χ1n) is 6.53. The largest absolute Gasteiger partial charge is 0.389 e. The number of thiocarbonyl (C=S) groups is 1. The summed E-state index contributed by atoms with van der Waals surface area (Å²) in [5, 5.41) is 0. The third kappa shape index (κ3) is 3.45. The van der Waals surface area contributed by atoms with Crippen molar-refractivity contribution in [2.75, 3.05) is 18.0 Å². The molecule has 1 saturated heterocycles. The Kier molecular flexibility index (Phi) is 5.01. The molecule has 98 valence electrons. The molecule has 0 atom stereocenters. The fourth-order valence-corrected chi connectivity index (χ4v) is 2.99. The number of benzene rings is 1. The Hall–Kier alpha value is -0.610.